The second-order valence-electron chi connectivity index (χ2n) is 4.05. The fourth-order valence-electron chi connectivity index (χ4n) is 1.80. The number of imidazole rings is 1. The maximum Gasteiger partial charge on any atom is 0.178 e. The summed E-state index contributed by atoms with van der Waals surface area (Å²) in [4.78, 5) is 3.06. The maximum absolute atomic E-state index is 13.6. The van der Waals surface area contributed by atoms with Gasteiger partial charge in [0.2, 0.25) is 0 Å². The molecule has 19 heavy (non-hydrogen) atoms. The molecule has 1 heterocycles. The van der Waals surface area contributed by atoms with Crippen molar-refractivity contribution < 1.29 is 9.13 Å². The van der Waals surface area contributed by atoms with E-state index in [4.69, 9.17) is 17.0 Å². The topological polar surface area (TPSA) is 29.9 Å². The molecule has 0 unspecified atom stereocenters. The average Bonchev–Trinajstić information content (AvgIpc) is 2.66. The predicted molar refractivity (Wildman–Crippen MR) is 80.4 cm³/mol. The number of nitrogens with zero attached hydrogens (tertiary/aromatic N) is 1. The summed E-state index contributed by atoms with van der Waals surface area (Å²) in [6, 6.07) is 3.16. The van der Waals surface area contributed by atoms with Gasteiger partial charge in [0.05, 0.1) is 28.7 Å². The molecule has 3 nitrogen and oxygen atoms in total. The lowest BCUT2D eigenvalue weighted by molar-refractivity contribution is 0.131. The number of ether oxygens (including phenoxy) is 1. The quantitative estimate of drug-likeness (QED) is 0.483. The molecule has 0 fully saturated rings. The second-order valence-corrected chi connectivity index (χ2v) is 5.30. The van der Waals surface area contributed by atoms with Crippen molar-refractivity contribution in [3.05, 3.63) is 39.8 Å². The number of fused-ring (bicyclic) bond motifs is 1. The minimum absolute atomic E-state index is 0.303. The molecule has 1 aromatic heterocycles. The van der Waals surface area contributed by atoms with Crippen LogP contribution in [0.5, 0.6) is 0 Å². The standard InChI is InChI=1S/C13H14BrFN2OS/c1-2-3-5-18-6-4-17-12-8-10(15)9(14)7-11(12)16-13(17)19/h2,7-8H,1,3-6H2,(H,16,19). The van der Waals surface area contributed by atoms with Crippen molar-refractivity contribution in [3.8, 4) is 0 Å². The van der Waals surface area contributed by atoms with Gasteiger partial charge in [-0.15, -0.1) is 6.58 Å². The molecule has 2 aromatic rings. The number of rotatable bonds is 6. The molecule has 0 radical (unpaired) electrons. The summed E-state index contributed by atoms with van der Waals surface area (Å²) in [7, 11) is 0. The highest BCUT2D eigenvalue weighted by molar-refractivity contribution is 9.10. The predicted octanol–water partition coefficient (Wildman–Crippen LogP) is 4.19. The van der Waals surface area contributed by atoms with Gasteiger partial charge in [0, 0.05) is 12.6 Å². The lowest BCUT2D eigenvalue weighted by Crippen LogP contribution is -2.06. The first-order chi connectivity index (χ1) is 9.13. The SMILES string of the molecule is C=CCCOCCn1c(=S)[nH]c2cc(Br)c(F)cc21. The Hall–Kier alpha value is -0.980. The molecule has 6 heteroatoms. The van der Waals surface area contributed by atoms with Crippen LogP contribution in [0.3, 0.4) is 0 Å². The van der Waals surface area contributed by atoms with Gasteiger partial charge in [-0.1, -0.05) is 6.08 Å². The highest BCUT2D eigenvalue weighted by atomic mass is 79.9. The molecular formula is C13H14BrFN2OS. The number of hydrogen-bond acceptors (Lipinski definition) is 2. The van der Waals surface area contributed by atoms with Crippen LogP contribution in [0.15, 0.2) is 29.3 Å². The fraction of sp³-hybridized carbons (Fsp3) is 0.308. The van der Waals surface area contributed by atoms with Gasteiger partial charge in [0.25, 0.3) is 0 Å². The van der Waals surface area contributed by atoms with Gasteiger partial charge >= 0.3 is 0 Å². The van der Waals surface area contributed by atoms with E-state index in [1.165, 1.54) is 6.07 Å². The number of halogens is 2. The van der Waals surface area contributed by atoms with Crippen molar-refractivity contribution in [2.75, 3.05) is 13.2 Å². The normalized spacial score (nSPS) is 11.1. The van der Waals surface area contributed by atoms with Crippen LogP contribution in [0.4, 0.5) is 4.39 Å². The van der Waals surface area contributed by atoms with Gasteiger partial charge in [-0.25, -0.2) is 4.39 Å². The Morgan fingerprint density at radius 3 is 3.00 bits per heavy atom. The third-order valence-corrected chi connectivity index (χ3v) is 3.67. The van der Waals surface area contributed by atoms with Crippen molar-refractivity contribution in [1.29, 1.82) is 0 Å². The zero-order valence-electron chi connectivity index (χ0n) is 10.3. The van der Waals surface area contributed by atoms with Crippen LogP contribution in [0, 0.1) is 10.6 Å². The van der Waals surface area contributed by atoms with Crippen LogP contribution >= 0.6 is 28.1 Å². The van der Waals surface area contributed by atoms with Crippen LogP contribution in [-0.2, 0) is 11.3 Å². The monoisotopic (exact) mass is 344 g/mol. The van der Waals surface area contributed by atoms with Gasteiger partial charge < -0.3 is 14.3 Å². The van der Waals surface area contributed by atoms with Gasteiger partial charge in [-0.3, -0.25) is 0 Å². The van der Waals surface area contributed by atoms with Crippen LogP contribution in [0.1, 0.15) is 6.42 Å². The minimum Gasteiger partial charge on any atom is -0.379 e. The molecule has 1 N–H and O–H groups in total. The summed E-state index contributed by atoms with van der Waals surface area (Å²) in [6.45, 7) is 5.39. The van der Waals surface area contributed by atoms with Crippen molar-refractivity contribution in [2.45, 2.75) is 13.0 Å². The molecule has 0 saturated heterocycles. The molecular weight excluding hydrogens is 331 g/mol. The lowest BCUT2D eigenvalue weighted by atomic mass is 10.3. The molecule has 0 aliphatic carbocycles. The number of hydrogen-bond donors (Lipinski definition) is 1. The van der Waals surface area contributed by atoms with Gasteiger partial charge in [-0.2, -0.15) is 0 Å². The minimum atomic E-state index is -0.303. The lowest BCUT2D eigenvalue weighted by Gasteiger charge is -2.05. The largest absolute Gasteiger partial charge is 0.379 e. The zero-order valence-corrected chi connectivity index (χ0v) is 12.7. The Labute approximate surface area is 124 Å². The highest BCUT2D eigenvalue weighted by Gasteiger charge is 2.08. The van der Waals surface area contributed by atoms with E-state index < -0.39 is 0 Å². The average molecular weight is 345 g/mol. The van der Waals surface area contributed by atoms with E-state index in [1.54, 1.807) is 6.07 Å². The van der Waals surface area contributed by atoms with E-state index >= 15 is 0 Å². The molecule has 0 spiro atoms. The summed E-state index contributed by atoms with van der Waals surface area (Å²) < 4.78 is 21.9. The van der Waals surface area contributed by atoms with Gasteiger partial charge in [-0.05, 0) is 40.6 Å². The highest BCUT2D eigenvalue weighted by Crippen LogP contribution is 2.23. The van der Waals surface area contributed by atoms with Gasteiger partial charge in [0.1, 0.15) is 5.82 Å². The maximum atomic E-state index is 13.6. The molecule has 0 amide bonds. The molecule has 0 atom stereocenters. The third kappa shape index (κ3) is 3.32. The zero-order chi connectivity index (χ0) is 13.8. The van der Waals surface area contributed by atoms with E-state index in [9.17, 15) is 4.39 Å². The summed E-state index contributed by atoms with van der Waals surface area (Å²) in [5, 5.41) is 0. The van der Waals surface area contributed by atoms with E-state index in [0.717, 1.165) is 17.5 Å². The molecule has 0 bridgehead atoms. The Balaban J connectivity index is 2.18. The fourth-order valence-corrected chi connectivity index (χ4v) is 2.44. The third-order valence-electron chi connectivity index (χ3n) is 2.74. The van der Waals surface area contributed by atoms with Crippen molar-refractivity contribution in [1.82, 2.24) is 9.55 Å². The van der Waals surface area contributed by atoms with Crippen molar-refractivity contribution in [3.63, 3.8) is 0 Å². The van der Waals surface area contributed by atoms with E-state index in [-0.39, 0.29) is 5.82 Å². The Kier molecular flexibility index (Phi) is 4.90. The summed E-state index contributed by atoms with van der Waals surface area (Å²) >= 11 is 8.40. The first-order valence-corrected chi connectivity index (χ1v) is 7.10. The van der Waals surface area contributed by atoms with Gasteiger partial charge in [0.15, 0.2) is 4.77 Å². The molecule has 2 rings (SSSR count). The van der Waals surface area contributed by atoms with E-state index in [1.807, 2.05) is 10.6 Å². The molecule has 0 aliphatic rings. The molecule has 0 saturated carbocycles. The van der Waals surface area contributed by atoms with Crippen molar-refractivity contribution in [2.24, 2.45) is 0 Å². The number of aromatic amines is 1. The Bertz CT molecular complexity index is 650. The number of nitrogens with one attached hydrogen (secondary N) is 1. The van der Waals surface area contributed by atoms with E-state index in [0.29, 0.717) is 29.0 Å². The smallest absolute Gasteiger partial charge is 0.178 e. The number of benzene rings is 1. The second kappa shape index (κ2) is 6.45. The summed E-state index contributed by atoms with van der Waals surface area (Å²) in [5.41, 5.74) is 1.56. The van der Waals surface area contributed by atoms with Crippen LogP contribution in [0.25, 0.3) is 11.0 Å². The first kappa shape index (κ1) is 14.4. The molecule has 0 aliphatic heterocycles. The van der Waals surface area contributed by atoms with Crippen LogP contribution < -0.4 is 0 Å². The summed E-state index contributed by atoms with van der Waals surface area (Å²) in [6.07, 6.45) is 2.63. The van der Waals surface area contributed by atoms with Crippen LogP contribution in [-0.4, -0.2) is 22.8 Å². The Morgan fingerprint density at radius 1 is 1.47 bits per heavy atom. The first-order valence-electron chi connectivity index (χ1n) is 5.89. The van der Waals surface area contributed by atoms with Crippen molar-refractivity contribution >= 4 is 39.2 Å². The summed E-state index contributed by atoms with van der Waals surface area (Å²) in [5.74, 6) is -0.303. The van der Waals surface area contributed by atoms with E-state index in [2.05, 4.69) is 27.5 Å². The number of aromatic nitrogens is 2. The van der Waals surface area contributed by atoms with Crippen LogP contribution in [0.2, 0.25) is 0 Å². The Morgan fingerprint density at radius 2 is 2.26 bits per heavy atom. The number of H-pyrrole nitrogens is 1. The molecule has 102 valence electrons. The molecule has 1 aromatic carbocycles.